The standard InChI is InChI=1S/C21H33FN4O/c1-6-26(7-2)12-8-9-15(3)25-21(23-5)24-14-20-16(4)18-13-17(22)10-11-19(18)27-20/h10-11,13,15H,6-9,12,14H2,1-5H3,(H2,23,24,25). The van der Waals surface area contributed by atoms with E-state index in [9.17, 15) is 4.39 Å². The molecule has 6 heteroatoms. The van der Waals surface area contributed by atoms with Crippen LogP contribution in [-0.2, 0) is 6.54 Å². The van der Waals surface area contributed by atoms with Crippen molar-refractivity contribution < 1.29 is 8.81 Å². The third kappa shape index (κ3) is 5.96. The van der Waals surface area contributed by atoms with Gasteiger partial charge < -0.3 is 20.0 Å². The van der Waals surface area contributed by atoms with Crippen LogP contribution in [0.5, 0.6) is 0 Å². The normalized spacial score (nSPS) is 13.4. The lowest BCUT2D eigenvalue weighted by molar-refractivity contribution is 0.292. The van der Waals surface area contributed by atoms with Crippen LogP contribution >= 0.6 is 0 Å². The third-order valence-electron chi connectivity index (χ3n) is 5.03. The lowest BCUT2D eigenvalue weighted by Gasteiger charge is -2.21. The number of aliphatic imine (C=N–C) groups is 1. The predicted octanol–water partition coefficient (Wildman–Crippen LogP) is 4.06. The molecule has 1 unspecified atom stereocenters. The number of halogens is 1. The second-order valence-electron chi connectivity index (χ2n) is 6.93. The quantitative estimate of drug-likeness (QED) is 0.512. The fraction of sp³-hybridized carbons (Fsp3) is 0.571. The number of benzene rings is 1. The Bertz CT molecular complexity index is 752. The zero-order chi connectivity index (χ0) is 19.8. The predicted molar refractivity (Wildman–Crippen MR) is 111 cm³/mol. The van der Waals surface area contributed by atoms with Gasteiger partial charge in [0.15, 0.2) is 5.96 Å². The minimum Gasteiger partial charge on any atom is -0.459 e. The van der Waals surface area contributed by atoms with Gasteiger partial charge in [-0.25, -0.2) is 4.39 Å². The zero-order valence-corrected chi connectivity index (χ0v) is 17.2. The van der Waals surface area contributed by atoms with Crippen molar-refractivity contribution in [1.29, 1.82) is 0 Å². The van der Waals surface area contributed by atoms with Gasteiger partial charge in [0.2, 0.25) is 0 Å². The maximum absolute atomic E-state index is 13.4. The molecule has 2 rings (SSSR count). The summed E-state index contributed by atoms with van der Waals surface area (Å²) >= 11 is 0. The van der Waals surface area contributed by atoms with Gasteiger partial charge >= 0.3 is 0 Å². The van der Waals surface area contributed by atoms with E-state index in [0.717, 1.165) is 55.1 Å². The molecule has 0 aliphatic rings. The topological polar surface area (TPSA) is 52.8 Å². The van der Waals surface area contributed by atoms with Gasteiger partial charge in [-0.2, -0.15) is 0 Å². The van der Waals surface area contributed by atoms with Crippen molar-refractivity contribution >= 4 is 16.9 Å². The number of furan rings is 1. The highest BCUT2D eigenvalue weighted by molar-refractivity contribution is 5.83. The molecule has 1 aromatic heterocycles. The van der Waals surface area contributed by atoms with E-state index in [0.29, 0.717) is 18.2 Å². The molecule has 0 amide bonds. The molecular weight excluding hydrogens is 343 g/mol. The summed E-state index contributed by atoms with van der Waals surface area (Å²) in [7, 11) is 1.76. The SMILES string of the molecule is CCN(CC)CCCC(C)NC(=NC)NCc1oc2ccc(F)cc2c1C. The van der Waals surface area contributed by atoms with Crippen molar-refractivity contribution in [3.8, 4) is 0 Å². The molecule has 5 nitrogen and oxygen atoms in total. The third-order valence-corrected chi connectivity index (χ3v) is 5.03. The van der Waals surface area contributed by atoms with Gasteiger partial charge in [-0.3, -0.25) is 4.99 Å². The molecule has 2 N–H and O–H groups in total. The summed E-state index contributed by atoms with van der Waals surface area (Å²) in [4.78, 5) is 6.74. The number of nitrogens with zero attached hydrogens (tertiary/aromatic N) is 2. The van der Waals surface area contributed by atoms with E-state index < -0.39 is 0 Å². The summed E-state index contributed by atoms with van der Waals surface area (Å²) in [5.41, 5.74) is 1.66. The highest BCUT2D eigenvalue weighted by atomic mass is 19.1. The van der Waals surface area contributed by atoms with E-state index in [2.05, 4.69) is 41.3 Å². The Morgan fingerprint density at radius 2 is 2.04 bits per heavy atom. The Morgan fingerprint density at radius 3 is 2.70 bits per heavy atom. The first-order valence-corrected chi connectivity index (χ1v) is 9.85. The van der Waals surface area contributed by atoms with E-state index in [1.54, 1.807) is 13.1 Å². The maximum Gasteiger partial charge on any atom is 0.191 e. The molecule has 0 spiro atoms. The number of nitrogens with one attached hydrogen (secondary N) is 2. The highest BCUT2D eigenvalue weighted by Gasteiger charge is 2.12. The first-order chi connectivity index (χ1) is 13.0. The van der Waals surface area contributed by atoms with Crippen LogP contribution in [0.3, 0.4) is 0 Å². The van der Waals surface area contributed by atoms with Gasteiger partial charge in [-0.1, -0.05) is 13.8 Å². The highest BCUT2D eigenvalue weighted by Crippen LogP contribution is 2.25. The Balaban J connectivity index is 1.86. The van der Waals surface area contributed by atoms with Crippen LogP contribution in [-0.4, -0.2) is 43.6 Å². The lowest BCUT2D eigenvalue weighted by Crippen LogP contribution is -2.42. The van der Waals surface area contributed by atoms with Crippen molar-refractivity contribution in [2.24, 2.45) is 4.99 Å². The summed E-state index contributed by atoms with van der Waals surface area (Å²) in [6, 6.07) is 4.94. The molecule has 0 saturated heterocycles. The summed E-state index contributed by atoms with van der Waals surface area (Å²) in [5.74, 6) is 1.30. The number of rotatable bonds is 9. The van der Waals surface area contributed by atoms with Gasteiger partial charge in [0.1, 0.15) is 17.2 Å². The van der Waals surface area contributed by atoms with Crippen LogP contribution in [0, 0.1) is 12.7 Å². The largest absolute Gasteiger partial charge is 0.459 e. The lowest BCUT2D eigenvalue weighted by atomic mass is 10.1. The van der Waals surface area contributed by atoms with Crippen LogP contribution < -0.4 is 10.6 Å². The van der Waals surface area contributed by atoms with E-state index >= 15 is 0 Å². The summed E-state index contributed by atoms with van der Waals surface area (Å²) in [6.45, 7) is 12.4. The van der Waals surface area contributed by atoms with Crippen LogP contribution in [0.4, 0.5) is 4.39 Å². The minimum atomic E-state index is -0.248. The Morgan fingerprint density at radius 1 is 1.30 bits per heavy atom. The molecule has 2 aromatic rings. The first-order valence-electron chi connectivity index (χ1n) is 9.85. The summed E-state index contributed by atoms with van der Waals surface area (Å²) in [5, 5.41) is 7.54. The number of fused-ring (bicyclic) bond motifs is 1. The van der Waals surface area contributed by atoms with E-state index in [-0.39, 0.29) is 5.82 Å². The molecule has 0 aliphatic carbocycles. The Labute approximate surface area is 162 Å². The average molecular weight is 377 g/mol. The molecule has 27 heavy (non-hydrogen) atoms. The van der Waals surface area contributed by atoms with Crippen molar-refractivity contribution in [3.63, 3.8) is 0 Å². The van der Waals surface area contributed by atoms with Gasteiger partial charge in [0.25, 0.3) is 0 Å². The molecule has 0 saturated carbocycles. The molecule has 1 aromatic carbocycles. The van der Waals surface area contributed by atoms with Crippen molar-refractivity contribution in [2.45, 2.75) is 53.1 Å². The molecule has 0 bridgehead atoms. The van der Waals surface area contributed by atoms with Crippen LogP contribution in [0.15, 0.2) is 27.6 Å². The Kier molecular flexibility index (Phi) is 8.10. The number of hydrogen-bond donors (Lipinski definition) is 2. The van der Waals surface area contributed by atoms with Crippen molar-refractivity contribution in [2.75, 3.05) is 26.7 Å². The van der Waals surface area contributed by atoms with Gasteiger partial charge in [-0.05, 0) is 64.5 Å². The van der Waals surface area contributed by atoms with E-state index in [4.69, 9.17) is 4.42 Å². The maximum atomic E-state index is 13.4. The Hall–Kier alpha value is -2.08. The van der Waals surface area contributed by atoms with Crippen LogP contribution in [0.2, 0.25) is 0 Å². The molecule has 0 fully saturated rings. The molecule has 1 atom stereocenters. The molecule has 150 valence electrons. The van der Waals surface area contributed by atoms with Gasteiger partial charge in [-0.15, -0.1) is 0 Å². The fourth-order valence-corrected chi connectivity index (χ4v) is 3.24. The van der Waals surface area contributed by atoms with Crippen molar-refractivity contribution in [1.82, 2.24) is 15.5 Å². The molecule has 0 aliphatic heterocycles. The molecule has 0 radical (unpaired) electrons. The monoisotopic (exact) mass is 376 g/mol. The van der Waals surface area contributed by atoms with Crippen LogP contribution in [0.25, 0.3) is 11.0 Å². The summed E-state index contributed by atoms with van der Waals surface area (Å²) < 4.78 is 19.3. The second kappa shape index (κ2) is 10.3. The number of hydrogen-bond acceptors (Lipinski definition) is 3. The molecular formula is C21H33FN4O. The van der Waals surface area contributed by atoms with Crippen LogP contribution in [0.1, 0.15) is 44.9 Å². The minimum absolute atomic E-state index is 0.248. The molecule has 1 heterocycles. The second-order valence-corrected chi connectivity index (χ2v) is 6.93. The number of guanidine groups is 1. The van der Waals surface area contributed by atoms with Gasteiger partial charge in [0, 0.05) is 24.0 Å². The van der Waals surface area contributed by atoms with Gasteiger partial charge in [0.05, 0.1) is 6.54 Å². The average Bonchev–Trinajstić information content (AvgIpc) is 2.97. The smallest absolute Gasteiger partial charge is 0.191 e. The van der Waals surface area contributed by atoms with Crippen molar-refractivity contribution in [3.05, 3.63) is 35.3 Å². The van der Waals surface area contributed by atoms with E-state index in [1.165, 1.54) is 12.1 Å². The first kappa shape index (κ1) is 21.2. The summed E-state index contributed by atoms with van der Waals surface area (Å²) in [6.07, 6.45) is 2.24. The fourth-order valence-electron chi connectivity index (χ4n) is 3.24. The van der Waals surface area contributed by atoms with E-state index in [1.807, 2.05) is 6.92 Å². The zero-order valence-electron chi connectivity index (χ0n) is 17.2. The number of aryl methyl sites for hydroxylation is 1.